The van der Waals surface area contributed by atoms with Crippen LogP contribution < -0.4 is 11.1 Å². The summed E-state index contributed by atoms with van der Waals surface area (Å²) in [6.07, 6.45) is 1.77. The molecule has 1 unspecified atom stereocenters. The second-order valence-electron chi connectivity index (χ2n) is 10.2. The summed E-state index contributed by atoms with van der Waals surface area (Å²) in [5.74, 6) is -0.827. The number of methoxy groups -OCH3 is 1. The van der Waals surface area contributed by atoms with E-state index in [1.165, 1.54) is 6.07 Å². The number of nitrogens with two attached hydrogens (primary N) is 1. The molecule has 4 N–H and O–H groups in total. The van der Waals surface area contributed by atoms with Crippen LogP contribution in [0.3, 0.4) is 0 Å². The Kier molecular flexibility index (Phi) is 11.3. The second kappa shape index (κ2) is 14.4. The number of amides is 2. The molecular formula is C30H42FN3O5. The zero-order chi connectivity index (χ0) is 28.4. The molecule has 39 heavy (non-hydrogen) atoms. The molecule has 0 aromatic heterocycles. The van der Waals surface area contributed by atoms with Crippen molar-refractivity contribution >= 4 is 12.0 Å². The number of piperidine rings is 1. The van der Waals surface area contributed by atoms with Crippen LogP contribution in [0.2, 0.25) is 0 Å². The van der Waals surface area contributed by atoms with E-state index in [4.69, 9.17) is 15.2 Å². The van der Waals surface area contributed by atoms with Gasteiger partial charge in [0.05, 0.1) is 24.7 Å². The van der Waals surface area contributed by atoms with Gasteiger partial charge in [-0.3, -0.25) is 4.79 Å². The fourth-order valence-corrected chi connectivity index (χ4v) is 5.58. The van der Waals surface area contributed by atoms with Crippen molar-refractivity contribution in [3.63, 3.8) is 0 Å². The van der Waals surface area contributed by atoms with Crippen LogP contribution >= 0.6 is 0 Å². The van der Waals surface area contributed by atoms with Crippen molar-refractivity contribution in [2.24, 2.45) is 11.7 Å². The number of ether oxygens (including phenoxy) is 2. The smallest absolute Gasteiger partial charge is 0.404 e. The highest BCUT2D eigenvalue weighted by Crippen LogP contribution is 2.44. The van der Waals surface area contributed by atoms with Crippen molar-refractivity contribution in [1.29, 1.82) is 0 Å². The monoisotopic (exact) mass is 543 g/mol. The van der Waals surface area contributed by atoms with E-state index in [9.17, 15) is 14.7 Å². The van der Waals surface area contributed by atoms with Gasteiger partial charge in [-0.1, -0.05) is 43.3 Å². The number of halogens is 1. The Balaban J connectivity index is 1.99. The van der Waals surface area contributed by atoms with Crippen molar-refractivity contribution in [3.05, 3.63) is 59.4 Å². The van der Waals surface area contributed by atoms with Crippen LogP contribution in [0.1, 0.15) is 50.2 Å². The van der Waals surface area contributed by atoms with Gasteiger partial charge in [0.15, 0.2) is 0 Å². The van der Waals surface area contributed by atoms with Crippen LogP contribution in [0.4, 0.5) is 9.18 Å². The standard InChI is InChI=1S/C30H42FN3O5/c1-4-21-9-5-10-22(17-21)28-25(12-6-13-26(28)31)30(37,14-8-16-39-29(32)36)23-11-7-15-34(20-23)27(35)18-24(38-3)19-33-2/h5-6,9-10,12-13,17,23-24,33,37H,4,7-8,11,14-16,18-20H2,1-3H3,(H2,32,36)/t23-,24?,30+/m1/s1. The first-order valence-corrected chi connectivity index (χ1v) is 13.7. The molecule has 9 heteroatoms. The molecule has 214 valence electrons. The molecule has 1 aliphatic heterocycles. The summed E-state index contributed by atoms with van der Waals surface area (Å²) in [6, 6.07) is 12.4. The number of hydrogen-bond acceptors (Lipinski definition) is 6. The number of carbonyl (C=O) groups is 2. The van der Waals surface area contributed by atoms with Gasteiger partial charge < -0.3 is 30.5 Å². The van der Waals surface area contributed by atoms with Gasteiger partial charge >= 0.3 is 6.09 Å². The molecule has 0 spiro atoms. The molecule has 1 heterocycles. The molecule has 1 saturated heterocycles. The number of likely N-dealkylation sites (tertiary alicyclic amines) is 1. The van der Waals surface area contributed by atoms with Gasteiger partial charge in [0.25, 0.3) is 0 Å². The fourth-order valence-electron chi connectivity index (χ4n) is 5.58. The van der Waals surface area contributed by atoms with E-state index in [2.05, 4.69) is 5.32 Å². The van der Waals surface area contributed by atoms with E-state index in [-0.39, 0.29) is 37.4 Å². The van der Waals surface area contributed by atoms with Crippen LogP contribution in [0.5, 0.6) is 0 Å². The summed E-state index contributed by atoms with van der Waals surface area (Å²) in [6.45, 7) is 3.53. The summed E-state index contributed by atoms with van der Waals surface area (Å²) >= 11 is 0. The third kappa shape index (κ3) is 7.77. The van der Waals surface area contributed by atoms with Crippen molar-refractivity contribution in [2.75, 3.05) is 40.4 Å². The van der Waals surface area contributed by atoms with E-state index in [0.717, 1.165) is 12.0 Å². The molecule has 2 aromatic rings. The highest BCUT2D eigenvalue weighted by Gasteiger charge is 2.43. The predicted molar refractivity (Wildman–Crippen MR) is 149 cm³/mol. The Bertz CT molecular complexity index is 1110. The minimum absolute atomic E-state index is 0.0303. The van der Waals surface area contributed by atoms with Crippen LogP contribution in [0.25, 0.3) is 11.1 Å². The highest BCUT2D eigenvalue weighted by atomic mass is 19.1. The number of aryl methyl sites for hydroxylation is 1. The molecule has 2 amide bonds. The lowest BCUT2D eigenvalue weighted by atomic mass is 9.72. The molecule has 1 aliphatic rings. The Hall–Kier alpha value is -3.01. The number of hydrogen-bond donors (Lipinski definition) is 3. The minimum atomic E-state index is -1.48. The first-order valence-electron chi connectivity index (χ1n) is 13.7. The zero-order valence-electron chi connectivity index (χ0n) is 23.2. The topological polar surface area (TPSA) is 114 Å². The number of carbonyl (C=O) groups excluding carboxylic acids is 2. The predicted octanol–water partition coefficient (Wildman–Crippen LogP) is 3.98. The molecule has 3 rings (SSSR count). The quantitative estimate of drug-likeness (QED) is 0.329. The van der Waals surface area contributed by atoms with Crippen molar-refractivity contribution < 1.29 is 28.6 Å². The average Bonchev–Trinajstić information content (AvgIpc) is 2.94. The lowest BCUT2D eigenvalue weighted by molar-refractivity contribution is -0.139. The third-order valence-corrected chi connectivity index (χ3v) is 7.67. The number of rotatable bonds is 13. The van der Waals surface area contributed by atoms with E-state index < -0.39 is 17.5 Å². The normalized spacial score (nSPS) is 17.9. The number of likely N-dealkylation sites (N-methyl/N-ethyl adjacent to an activating group) is 1. The van der Waals surface area contributed by atoms with Crippen LogP contribution in [0.15, 0.2) is 42.5 Å². The van der Waals surface area contributed by atoms with Gasteiger partial charge in [-0.05, 0) is 61.9 Å². The number of nitrogens with one attached hydrogen (secondary N) is 1. The van der Waals surface area contributed by atoms with Gasteiger partial charge in [-0.15, -0.1) is 0 Å². The molecule has 1 fully saturated rings. The summed E-state index contributed by atoms with van der Waals surface area (Å²) in [7, 11) is 3.39. The first kappa shape index (κ1) is 30.5. The Labute approximate surface area is 230 Å². The fraction of sp³-hybridized carbons (Fsp3) is 0.533. The lowest BCUT2D eigenvalue weighted by Gasteiger charge is -2.44. The average molecular weight is 544 g/mol. The number of aliphatic hydroxyl groups is 1. The SMILES string of the molecule is CCc1cccc(-c2c(F)cccc2[C@](O)(CCCOC(N)=O)[C@@H]2CCCN(C(=O)CC(CNC)OC)C2)c1. The number of nitrogens with zero attached hydrogens (tertiary/aromatic N) is 1. The van der Waals surface area contributed by atoms with E-state index in [1.54, 1.807) is 24.1 Å². The molecular weight excluding hydrogens is 501 g/mol. The molecule has 0 aliphatic carbocycles. The zero-order valence-corrected chi connectivity index (χ0v) is 23.2. The molecule has 3 atom stereocenters. The second-order valence-corrected chi connectivity index (χ2v) is 10.2. The van der Waals surface area contributed by atoms with Gasteiger partial charge in [0.1, 0.15) is 5.82 Å². The van der Waals surface area contributed by atoms with Gasteiger partial charge in [0.2, 0.25) is 5.91 Å². The minimum Gasteiger partial charge on any atom is -0.450 e. The van der Waals surface area contributed by atoms with E-state index >= 15 is 4.39 Å². The van der Waals surface area contributed by atoms with Crippen LogP contribution in [0, 0.1) is 11.7 Å². The van der Waals surface area contributed by atoms with Crippen LogP contribution in [-0.4, -0.2) is 68.5 Å². The van der Waals surface area contributed by atoms with Crippen LogP contribution in [-0.2, 0) is 26.3 Å². The first-order chi connectivity index (χ1) is 18.7. The summed E-state index contributed by atoms with van der Waals surface area (Å²) < 4.78 is 25.9. The van der Waals surface area contributed by atoms with Crippen molar-refractivity contribution in [1.82, 2.24) is 10.2 Å². The summed E-state index contributed by atoms with van der Waals surface area (Å²) in [5, 5.41) is 15.5. The molecule has 2 aromatic carbocycles. The largest absolute Gasteiger partial charge is 0.450 e. The highest BCUT2D eigenvalue weighted by molar-refractivity contribution is 5.77. The molecule has 0 bridgehead atoms. The van der Waals surface area contributed by atoms with E-state index in [1.807, 2.05) is 38.2 Å². The number of benzene rings is 2. The number of primary amides is 1. The van der Waals surface area contributed by atoms with Gasteiger partial charge in [0, 0.05) is 38.2 Å². The Morgan fingerprint density at radius 2 is 2.05 bits per heavy atom. The summed E-state index contributed by atoms with van der Waals surface area (Å²) in [5.41, 5.74) is 6.22. The maximum absolute atomic E-state index is 15.5. The Morgan fingerprint density at radius 3 is 2.74 bits per heavy atom. The van der Waals surface area contributed by atoms with Crippen molar-refractivity contribution in [2.45, 2.75) is 57.2 Å². The van der Waals surface area contributed by atoms with Gasteiger partial charge in [-0.25, -0.2) is 9.18 Å². The third-order valence-electron chi connectivity index (χ3n) is 7.67. The molecule has 8 nitrogen and oxygen atoms in total. The maximum Gasteiger partial charge on any atom is 0.404 e. The lowest BCUT2D eigenvalue weighted by Crippen LogP contribution is -2.49. The molecule has 0 saturated carbocycles. The van der Waals surface area contributed by atoms with Gasteiger partial charge in [-0.2, -0.15) is 0 Å². The Morgan fingerprint density at radius 1 is 1.28 bits per heavy atom. The summed E-state index contributed by atoms with van der Waals surface area (Å²) in [4.78, 5) is 26.1. The van der Waals surface area contributed by atoms with E-state index in [0.29, 0.717) is 55.6 Å². The molecule has 0 radical (unpaired) electrons. The maximum atomic E-state index is 15.5. The van der Waals surface area contributed by atoms with Crippen molar-refractivity contribution in [3.8, 4) is 11.1 Å².